The molecule has 1 aromatic heterocycles. The van der Waals surface area contributed by atoms with Crippen LogP contribution in [0.3, 0.4) is 0 Å². The third-order valence-corrected chi connectivity index (χ3v) is 4.41. The molecule has 1 saturated carbocycles. The molecule has 1 heterocycles. The minimum absolute atomic E-state index is 0.0457. The summed E-state index contributed by atoms with van der Waals surface area (Å²) in [6.07, 6.45) is 2.00. The first-order chi connectivity index (χ1) is 10.1. The summed E-state index contributed by atoms with van der Waals surface area (Å²) < 4.78 is 14.2. The highest BCUT2D eigenvalue weighted by Gasteiger charge is 2.31. The topological polar surface area (TPSA) is 66.6 Å². The van der Waals surface area contributed by atoms with Gasteiger partial charge >= 0.3 is 5.97 Å². The zero-order valence-electron chi connectivity index (χ0n) is 11.3. The van der Waals surface area contributed by atoms with Crippen LogP contribution in [-0.4, -0.2) is 17.1 Å². The molecule has 0 saturated heterocycles. The predicted molar refractivity (Wildman–Crippen MR) is 81.3 cm³/mol. The van der Waals surface area contributed by atoms with Gasteiger partial charge in [-0.15, -0.1) is 11.3 Å². The highest BCUT2D eigenvalue weighted by molar-refractivity contribution is 7.09. The van der Waals surface area contributed by atoms with Gasteiger partial charge < -0.3 is 15.7 Å². The monoisotopic (exact) mass is 306 g/mol. The van der Waals surface area contributed by atoms with Gasteiger partial charge in [-0.3, -0.25) is 0 Å². The van der Waals surface area contributed by atoms with Crippen molar-refractivity contribution in [2.24, 2.45) is 0 Å². The Labute approximate surface area is 125 Å². The first kappa shape index (κ1) is 13.9. The van der Waals surface area contributed by atoms with Gasteiger partial charge in [0, 0.05) is 16.6 Å². The van der Waals surface area contributed by atoms with Crippen LogP contribution in [0.15, 0.2) is 29.6 Å². The molecule has 0 amide bonds. The Bertz CT molecular complexity index is 669. The van der Waals surface area contributed by atoms with E-state index in [0.29, 0.717) is 12.2 Å². The van der Waals surface area contributed by atoms with E-state index in [4.69, 9.17) is 10.8 Å². The molecule has 2 aromatic rings. The molecule has 0 unspecified atom stereocenters. The molecule has 4 nitrogen and oxygen atoms in total. The second-order valence-electron chi connectivity index (χ2n) is 5.13. The third-order valence-electron chi connectivity index (χ3n) is 3.55. The zero-order valence-corrected chi connectivity index (χ0v) is 12.1. The quantitative estimate of drug-likeness (QED) is 0.832. The van der Waals surface area contributed by atoms with E-state index in [9.17, 15) is 9.18 Å². The Kier molecular flexibility index (Phi) is 3.55. The lowest BCUT2D eigenvalue weighted by molar-refractivity contribution is 0.0698. The molecule has 0 spiro atoms. The number of halogens is 1. The van der Waals surface area contributed by atoms with Crippen molar-refractivity contribution in [3.05, 3.63) is 45.9 Å². The number of anilines is 2. The van der Waals surface area contributed by atoms with Crippen LogP contribution in [0.1, 0.15) is 28.1 Å². The summed E-state index contributed by atoms with van der Waals surface area (Å²) in [7, 11) is 0. The second kappa shape index (κ2) is 5.37. The summed E-state index contributed by atoms with van der Waals surface area (Å²) in [5, 5.41) is 11.1. The lowest BCUT2D eigenvalue weighted by atomic mass is 10.1. The van der Waals surface area contributed by atoms with Gasteiger partial charge in [-0.1, -0.05) is 6.07 Å². The third kappa shape index (κ3) is 2.85. The van der Waals surface area contributed by atoms with Crippen molar-refractivity contribution < 1.29 is 14.3 Å². The number of carbonyl (C=O) groups is 1. The molecule has 6 heteroatoms. The van der Waals surface area contributed by atoms with Gasteiger partial charge in [0.15, 0.2) is 0 Å². The van der Waals surface area contributed by atoms with E-state index >= 15 is 0 Å². The predicted octanol–water partition coefficient (Wildman–Crippen LogP) is 3.34. The van der Waals surface area contributed by atoms with Crippen molar-refractivity contribution in [3.63, 3.8) is 0 Å². The normalized spacial score (nSPS) is 14.1. The van der Waals surface area contributed by atoms with Gasteiger partial charge in [-0.2, -0.15) is 0 Å². The van der Waals surface area contributed by atoms with Gasteiger partial charge in [0.2, 0.25) is 0 Å². The van der Waals surface area contributed by atoms with Crippen LogP contribution in [0.4, 0.5) is 15.8 Å². The van der Waals surface area contributed by atoms with E-state index in [0.717, 1.165) is 23.8 Å². The Morgan fingerprint density at radius 2 is 2.24 bits per heavy atom. The molecule has 1 fully saturated rings. The summed E-state index contributed by atoms with van der Waals surface area (Å²) in [4.78, 5) is 14.2. The van der Waals surface area contributed by atoms with Crippen LogP contribution in [-0.2, 0) is 6.54 Å². The van der Waals surface area contributed by atoms with E-state index in [2.05, 4.69) is 0 Å². The maximum Gasteiger partial charge on any atom is 0.337 e. The molecule has 3 N–H and O–H groups in total. The summed E-state index contributed by atoms with van der Waals surface area (Å²) in [5.74, 6) is -1.61. The van der Waals surface area contributed by atoms with Crippen molar-refractivity contribution in [1.29, 1.82) is 0 Å². The number of hydrogen-bond donors (Lipinski definition) is 2. The molecule has 0 aliphatic heterocycles. The largest absolute Gasteiger partial charge is 0.478 e. The Hall–Kier alpha value is -2.08. The van der Waals surface area contributed by atoms with Crippen LogP contribution in [0, 0.1) is 5.82 Å². The fourth-order valence-corrected chi connectivity index (χ4v) is 3.05. The van der Waals surface area contributed by atoms with E-state index in [-0.39, 0.29) is 17.3 Å². The van der Waals surface area contributed by atoms with Crippen molar-refractivity contribution in [2.75, 3.05) is 10.6 Å². The summed E-state index contributed by atoms with van der Waals surface area (Å²) >= 11 is 1.61. The average Bonchev–Trinajstić information content (AvgIpc) is 3.14. The Morgan fingerprint density at radius 3 is 2.81 bits per heavy atom. The number of carboxylic acids is 1. The van der Waals surface area contributed by atoms with Crippen molar-refractivity contribution in [3.8, 4) is 0 Å². The number of nitrogens with zero attached hydrogens (tertiary/aromatic N) is 1. The zero-order chi connectivity index (χ0) is 15.0. The fourth-order valence-electron chi connectivity index (χ4n) is 2.35. The molecular formula is C15H15FN2O2S. The number of rotatable bonds is 5. The molecule has 1 aliphatic carbocycles. The highest BCUT2D eigenvalue weighted by atomic mass is 32.1. The standard InChI is InChI=1S/C15H15FN2O2S/c16-12-7-13(17)11(15(19)20)6-14(12)18(9-3-4-9)8-10-2-1-5-21-10/h1-2,5-7,9H,3-4,8,17H2,(H,19,20). The summed E-state index contributed by atoms with van der Waals surface area (Å²) in [6, 6.07) is 6.66. The first-order valence-electron chi connectivity index (χ1n) is 6.67. The summed E-state index contributed by atoms with van der Waals surface area (Å²) in [5.41, 5.74) is 5.80. The van der Waals surface area contributed by atoms with Gasteiger partial charge in [-0.25, -0.2) is 9.18 Å². The highest BCUT2D eigenvalue weighted by Crippen LogP contribution is 2.36. The maximum absolute atomic E-state index is 14.2. The number of carboxylic acid groups (broad SMARTS) is 1. The summed E-state index contributed by atoms with van der Waals surface area (Å²) in [6.45, 7) is 0.586. The molecule has 110 valence electrons. The molecule has 0 bridgehead atoms. The number of nitrogen functional groups attached to an aromatic ring is 1. The Balaban J connectivity index is 1.99. The smallest absolute Gasteiger partial charge is 0.337 e. The second-order valence-corrected chi connectivity index (χ2v) is 6.17. The van der Waals surface area contributed by atoms with Crippen LogP contribution >= 0.6 is 11.3 Å². The minimum Gasteiger partial charge on any atom is -0.478 e. The fraction of sp³-hybridized carbons (Fsp3) is 0.267. The molecule has 1 aromatic carbocycles. The van der Waals surface area contributed by atoms with Crippen molar-refractivity contribution in [1.82, 2.24) is 0 Å². The van der Waals surface area contributed by atoms with E-state index in [1.54, 1.807) is 11.3 Å². The number of hydrogen-bond acceptors (Lipinski definition) is 4. The van der Waals surface area contributed by atoms with Crippen LogP contribution in [0.2, 0.25) is 0 Å². The maximum atomic E-state index is 14.2. The van der Waals surface area contributed by atoms with E-state index < -0.39 is 11.8 Å². The molecular weight excluding hydrogens is 291 g/mol. The van der Waals surface area contributed by atoms with Gasteiger partial charge in [0.25, 0.3) is 0 Å². The lowest BCUT2D eigenvalue weighted by Crippen LogP contribution is -2.26. The Morgan fingerprint density at radius 1 is 1.48 bits per heavy atom. The number of thiophene rings is 1. The molecule has 0 radical (unpaired) electrons. The van der Waals surface area contributed by atoms with Gasteiger partial charge in [-0.05, 0) is 36.4 Å². The molecule has 21 heavy (non-hydrogen) atoms. The van der Waals surface area contributed by atoms with Crippen molar-refractivity contribution in [2.45, 2.75) is 25.4 Å². The number of benzene rings is 1. The molecule has 3 rings (SSSR count). The van der Waals surface area contributed by atoms with Gasteiger partial charge in [0.1, 0.15) is 5.82 Å². The van der Waals surface area contributed by atoms with Crippen LogP contribution < -0.4 is 10.6 Å². The number of nitrogens with two attached hydrogens (primary N) is 1. The van der Waals surface area contributed by atoms with E-state index in [1.807, 2.05) is 22.4 Å². The van der Waals surface area contributed by atoms with Crippen LogP contribution in [0.5, 0.6) is 0 Å². The SMILES string of the molecule is Nc1cc(F)c(N(Cc2cccs2)C2CC2)cc1C(=O)O. The molecule has 1 aliphatic rings. The van der Waals surface area contributed by atoms with E-state index in [1.165, 1.54) is 6.07 Å². The average molecular weight is 306 g/mol. The van der Waals surface area contributed by atoms with Crippen LogP contribution in [0.25, 0.3) is 0 Å². The first-order valence-corrected chi connectivity index (χ1v) is 7.55. The van der Waals surface area contributed by atoms with Crippen molar-refractivity contribution >= 4 is 28.7 Å². The minimum atomic E-state index is -1.14. The number of aromatic carboxylic acids is 1. The van der Waals surface area contributed by atoms with Gasteiger partial charge in [0.05, 0.1) is 17.8 Å². The molecule has 0 atom stereocenters. The lowest BCUT2D eigenvalue weighted by Gasteiger charge is -2.25.